The van der Waals surface area contributed by atoms with Crippen molar-refractivity contribution in [1.82, 2.24) is 14.8 Å². The number of aromatic carboxylic acids is 1. The summed E-state index contributed by atoms with van der Waals surface area (Å²) in [5.74, 6) is 1.19. The predicted octanol–water partition coefficient (Wildman–Crippen LogP) is 6.00. The molecule has 1 amide bonds. The number of carbonyl (C=O) groups is 2. The fourth-order valence-electron chi connectivity index (χ4n) is 7.26. The second-order valence-electron chi connectivity index (χ2n) is 10.8. The van der Waals surface area contributed by atoms with Crippen LogP contribution in [0.4, 0.5) is 5.69 Å². The largest absolute Gasteiger partial charge is 0.476 e. The summed E-state index contributed by atoms with van der Waals surface area (Å²) < 4.78 is 1.69. The van der Waals surface area contributed by atoms with Crippen LogP contribution in [-0.2, 0) is 4.79 Å². The summed E-state index contributed by atoms with van der Waals surface area (Å²) in [7, 11) is 0. The number of carboxylic acids is 1. The lowest BCUT2D eigenvalue weighted by Crippen LogP contribution is -2.51. The molecule has 0 unspecified atom stereocenters. The van der Waals surface area contributed by atoms with Gasteiger partial charge in [-0.15, -0.1) is 11.3 Å². The maximum absolute atomic E-state index is 13.7. The van der Waals surface area contributed by atoms with Gasteiger partial charge in [-0.05, 0) is 74.5 Å². The number of anilines is 1. The number of hydrogen-bond acceptors (Lipinski definition) is 5. The molecule has 0 saturated heterocycles. The molecule has 4 saturated carbocycles. The van der Waals surface area contributed by atoms with E-state index >= 15 is 0 Å². The van der Waals surface area contributed by atoms with Crippen molar-refractivity contribution >= 4 is 39.8 Å². The second kappa shape index (κ2) is 8.00. The fraction of sp³-hybridized carbons (Fsp3) is 0.357. The Labute approximate surface area is 212 Å². The van der Waals surface area contributed by atoms with Crippen LogP contribution in [0.5, 0.6) is 0 Å². The lowest BCUT2D eigenvalue weighted by Gasteiger charge is -2.55. The molecule has 2 heterocycles. The van der Waals surface area contributed by atoms with Crippen molar-refractivity contribution in [3.05, 3.63) is 59.6 Å². The Kier molecular flexibility index (Phi) is 4.83. The Balaban J connectivity index is 1.28. The number of thiazole rings is 1. The van der Waals surface area contributed by atoms with E-state index in [1.54, 1.807) is 4.68 Å². The Morgan fingerprint density at radius 1 is 1.00 bits per heavy atom. The van der Waals surface area contributed by atoms with Gasteiger partial charge in [0.2, 0.25) is 11.0 Å². The second-order valence-corrected chi connectivity index (χ2v) is 11.7. The molecule has 0 spiro atoms. The molecule has 0 radical (unpaired) electrons. The number of aromatic nitrogens is 3. The van der Waals surface area contributed by atoms with E-state index in [0.717, 1.165) is 47.1 Å². The van der Waals surface area contributed by atoms with E-state index < -0.39 is 5.97 Å². The van der Waals surface area contributed by atoms with E-state index in [1.165, 1.54) is 36.0 Å². The van der Waals surface area contributed by atoms with Gasteiger partial charge in [-0.3, -0.25) is 4.79 Å². The van der Waals surface area contributed by atoms with E-state index in [1.807, 2.05) is 48.5 Å². The molecule has 4 aliphatic rings. The van der Waals surface area contributed by atoms with Gasteiger partial charge in [0.1, 0.15) is 5.69 Å². The van der Waals surface area contributed by atoms with Crippen LogP contribution in [0.3, 0.4) is 0 Å². The van der Waals surface area contributed by atoms with Crippen LogP contribution < -0.4 is 5.32 Å². The van der Waals surface area contributed by atoms with Crippen LogP contribution >= 0.6 is 11.3 Å². The Morgan fingerprint density at radius 3 is 2.33 bits per heavy atom. The molecule has 4 aromatic rings. The van der Waals surface area contributed by atoms with Gasteiger partial charge >= 0.3 is 5.97 Å². The van der Waals surface area contributed by atoms with Crippen LogP contribution in [0.25, 0.3) is 27.3 Å². The molecule has 2 aromatic heterocycles. The third-order valence-electron chi connectivity index (χ3n) is 8.40. The minimum Gasteiger partial charge on any atom is -0.476 e. The van der Waals surface area contributed by atoms with Gasteiger partial charge in [0.05, 0.1) is 10.9 Å². The molecule has 4 bridgehead atoms. The average molecular weight is 499 g/mol. The molecule has 0 atom stereocenters. The normalized spacial score (nSPS) is 26.4. The number of rotatable bonds is 5. The maximum atomic E-state index is 13.7. The van der Waals surface area contributed by atoms with Gasteiger partial charge in [0.25, 0.3) is 0 Å². The molecule has 4 aliphatic carbocycles. The molecule has 0 aliphatic heterocycles. The van der Waals surface area contributed by atoms with Crippen LogP contribution in [-0.4, -0.2) is 31.7 Å². The van der Waals surface area contributed by atoms with E-state index in [9.17, 15) is 14.7 Å². The van der Waals surface area contributed by atoms with Gasteiger partial charge in [0, 0.05) is 22.0 Å². The summed E-state index contributed by atoms with van der Waals surface area (Å²) in [5.41, 5.74) is 3.03. The standard InChI is InChI=1S/C28H26N4O3S/c33-25(34)22-15-36-27(30-22)32-23-11-20(6-7-21(23)24(31-32)19-4-2-1-3-5-19)29-26(35)28-12-16-8-17(13-28)10-18(9-16)14-28/h1-7,11,15-18H,8-10,12-14H2,(H,29,35)(H,33,34). The van der Waals surface area contributed by atoms with Gasteiger partial charge in [-0.2, -0.15) is 5.10 Å². The van der Waals surface area contributed by atoms with Crippen molar-refractivity contribution in [2.24, 2.45) is 23.2 Å². The van der Waals surface area contributed by atoms with Crippen LogP contribution in [0.2, 0.25) is 0 Å². The van der Waals surface area contributed by atoms with Crippen LogP contribution in [0, 0.1) is 23.2 Å². The molecule has 7 nitrogen and oxygen atoms in total. The monoisotopic (exact) mass is 498 g/mol. The first kappa shape index (κ1) is 21.7. The van der Waals surface area contributed by atoms with E-state index in [-0.39, 0.29) is 17.0 Å². The average Bonchev–Trinajstić information content (AvgIpc) is 3.49. The minimum absolute atomic E-state index is 0.00816. The highest BCUT2D eigenvalue weighted by Gasteiger charge is 2.54. The number of fused-ring (bicyclic) bond motifs is 1. The summed E-state index contributed by atoms with van der Waals surface area (Å²) in [6, 6.07) is 15.8. The molecular formula is C28H26N4O3S. The highest BCUT2D eigenvalue weighted by molar-refractivity contribution is 7.12. The smallest absolute Gasteiger partial charge is 0.355 e. The summed E-state index contributed by atoms with van der Waals surface area (Å²) in [5, 5.41) is 20.4. The number of amides is 1. The van der Waals surface area contributed by atoms with Crippen molar-refractivity contribution in [1.29, 1.82) is 0 Å². The van der Waals surface area contributed by atoms with Gasteiger partial charge in [-0.25, -0.2) is 14.5 Å². The molecule has 182 valence electrons. The van der Waals surface area contributed by atoms with Crippen molar-refractivity contribution in [3.63, 3.8) is 0 Å². The third-order valence-corrected chi connectivity index (χ3v) is 9.21. The van der Waals surface area contributed by atoms with Crippen LogP contribution in [0.1, 0.15) is 49.0 Å². The number of nitrogens with zero attached hydrogens (tertiary/aromatic N) is 3. The van der Waals surface area contributed by atoms with Gasteiger partial charge in [-0.1, -0.05) is 30.3 Å². The minimum atomic E-state index is -1.07. The molecule has 2 aromatic carbocycles. The number of carbonyl (C=O) groups excluding carboxylic acids is 1. The first-order valence-electron chi connectivity index (χ1n) is 12.6. The zero-order chi connectivity index (χ0) is 24.4. The van der Waals surface area contributed by atoms with E-state index in [0.29, 0.717) is 22.9 Å². The quantitative estimate of drug-likeness (QED) is 0.352. The van der Waals surface area contributed by atoms with E-state index in [4.69, 9.17) is 5.10 Å². The molecule has 36 heavy (non-hydrogen) atoms. The Bertz CT molecular complexity index is 1470. The number of hydrogen-bond donors (Lipinski definition) is 2. The summed E-state index contributed by atoms with van der Waals surface area (Å²) >= 11 is 1.23. The zero-order valence-electron chi connectivity index (χ0n) is 19.7. The lowest BCUT2D eigenvalue weighted by atomic mass is 9.49. The summed E-state index contributed by atoms with van der Waals surface area (Å²) in [6.45, 7) is 0. The maximum Gasteiger partial charge on any atom is 0.355 e. The third kappa shape index (κ3) is 3.46. The Morgan fingerprint density at radius 2 is 1.69 bits per heavy atom. The highest BCUT2D eigenvalue weighted by atomic mass is 32.1. The fourth-order valence-corrected chi connectivity index (χ4v) is 8.02. The summed E-state index contributed by atoms with van der Waals surface area (Å²) in [4.78, 5) is 29.4. The van der Waals surface area contributed by atoms with Gasteiger partial charge < -0.3 is 10.4 Å². The van der Waals surface area contributed by atoms with Gasteiger partial charge in [0.15, 0.2) is 5.69 Å². The lowest BCUT2D eigenvalue weighted by molar-refractivity contribution is -0.140. The first-order chi connectivity index (χ1) is 17.5. The van der Waals surface area contributed by atoms with Crippen molar-refractivity contribution in [2.75, 3.05) is 5.32 Å². The summed E-state index contributed by atoms with van der Waals surface area (Å²) in [6.07, 6.45) is 6.94. The van der Waals surface area contributed by atoms with Crippen molar-refractivity contribution in [2.45, 2.75) is 38.5 Å². The predicted molar refractivity (Wildman–Crippen MR) is 138 cm³/mol. The van der Waals surface area contributed by atoms with E-state index in [2.05, 4.69) is 10.3 Å². The molecule has 8 rings (SSSR count). The molecule has 4 fully saturated rings. The first-order valence-corrected chi connectivity index (χ1v) is 13.4. The topological polar surface area (TPSA) is 97.1 Å². The molecule has 2 N–H and O–H groups in total. The Hall–Kier alpha value is -3.52. The number of nitrogens with one attached hydrogen (secondary N) is 1. The van der Waals surface area contributed by atoms with Crippen molar-refractivity contribution < 1.29 is 14.7 Å². The number of benzene rings is 2. The highest BCUT2D eigenvalue weighted by Crippen LogP contribution is 2.60. The molecular weight excluding hydrogens is 472 g/mol. The van der Waals surface area contributed by atoms with Crippen LogP contribution in [0.15, 0.2) is 53.9 Å². The SMILES string of the molecule is O=C(O)c1csc(-n2nc(-c3ccccc3)c3ccc(NC(=O)C45CC6CC(CC(C6)C4)C5)cc32)n1. The zero-order valence-corrected chi connectivity index (χ0v) is 20.5. The van der Waals surface area contributed by atoms with Crippen molar-refractivity contribution in [3.8, 4) is 16.4 Å². The molecule has 8 heteroatoms. The number of carboxylic acid groups (broad SMARTS) is 1.